The molecule has 0 aliphatic rings. The van der Waals surface area contributed by atoms with Crippen LogP contribution in [0.3, 0.4) is 0 Å². The minimum Gasteiger partial charge on any atom is -0.452 e. The number of nitrogens with zero attached hydrogens (tertiary/aromatic N) is 2. The first-order chi connectivity index (χ1) is 12.3. The highest BCUT2D eigenvalue weighted by atomic mass is 16.5. The predicted molar refractivity (Wildman–Crippen MR) is 97.8 cm³/mol. The number of carbonyl (C=O) groups is 3. The molecule has 0 bridgehead atoms. The number of aryl methyl sites for hydroxylation is 2. The van der Waals surface area contributed by atoms with Gasteiger partial charge in [-0.2, -0.15) is 5.10 Å². The first-order valence-electron chi connectivity index (χ1n) is 8.04. The van der Waals surface area contributed by atoms with Crippen LogP contribution >= 0.6 is 0 Å². The highest BCUT2D eigenvalue weighted by Crippen LogP contribution is 2.14. The van der Waals surface area contributed by atoms with Gasteiger partial charge in [0.15, 0.2) is 12.4 Å². The number of benzene rings is 1. The number of Topliss-reactive ketones (excluding diaryl/α,β-unsaturated/α-hetero) is 1. The molecule has 1 heterocycles. The van der Waals surface area contributed by atoms with Gasteiger partial charge in [-0.05, 0) is 39.0 Å². The third-order valence-corrected chi connectivity index (χ3v) is 3.85. The molecule has 2 rings (SSSR count). The molecule has 7 heteroatoms. The van der Waals surface area contributed by atoms with Crippen LogP contribution in [-0.2, 0) is 21.4 Å². The van der Waals surface area contributed by atoms with Crippen molar-refractivity contribution in [3.63, 3.8) is 0 Å². The number of amides is 1. The summed E-state index contributed by atoms with van der Waals surface area (Å²) in [5.74, 6) is -1.21. The second-order valence-electron chi connectivity index (χ2n) is 5.83. The van der Waals surface area contributed by atoms with Crippen LogP contribution in [-0.4, -0.2) is 34.0 Å². The van der Waals surface area contributed by atoms with Gasteiger partial charge >= 0.3 is 5.97 Å². The molecule has 0 saturated carbocycles. The van der Waals surface area contributed by atoms with Crippen LogP contribution in [0.2, 0.25) is 0 Å². The monoisotopic (exact) mass is 355 g/mol. The Bertz CT molecular complexity index is 881. The van der Waals surface area contributed by atoms with E-state index in [2.05, 4.69) is 10.4 Å². The number of hydrogen-bond acceptors (Lipinski definition) is 5. The highest BCUT2D eigenvalue weighted by Gasteiger charge is 2.09. The van der Waals surface area contributed by atoms with Crippen molar-refractivity contribution in [2.45, 2.75) is 20.8 Å². The number of ketones is 1. The van der Waals surface area contributed by atoms with Gasteiger partial charge in [-0.1, -0.05) is 12.1 Å². The van der Waals surface area contributed by atoms with Crippen molar-refractivity contribution in [3.8, 4) is 0 Å². The van der Waals surface area contributed by atoms with E-state index in [9.17, 15) is 14.4 Å². The topological polar surface area (TPSA) is 90.3 Å². The zero-order valence-electron chi connectivity index (χ0n) is 15.2. The van der Waals surface area contributed by atoms with Gasteiger partial charge in [0.2, 0.25) is 0 Å². The Balaban J connectivity index is 1.89. The van der Waals surface area contributed by atoms with Gasteiger partial charge in [-0.25, -0.2) is 4.79 Å². The van der Waals surface area contributed by atoms with Gasteiger partial charge in [0.05, 0.1) is 5.69 Å². The number of esters is 1. The Hall–Kier alpha value is -3.22. The molecule has 0 aliphatic carbocycles. The van der Waals surface area contributed by atoms with Crippen molar-refractivity contribution >= 4 is 29.4 Å². The summed E-state index contributed by atoms with van der Waals surface area (Å²) in [7, 11) is 1.82. The normalized spacial score (nSPS) is 10.8. The molecule has 0 radical (unpaired) electrons. The number of aromatic nitrogens is 2. The van der Waals surface area contributed by atoms with Crippen LogP contribution in [0.1, 0.15) is 34.2 Å². The van der Waals surface area contributed by atoms with Crippen LogP contribution in [0.15, 0.2) is 30.3 Å². The standard InChI is InChI=1S/C19H21N3O4/c1-12-17(13(2)22(4)21-12)8-9-19(25)26-11-18(24)20-16-7-5-6-15(10-16)14(3)23/h5-10H,11H2,1-4H3,(H,20,24)/b9-8+. The molecular formula is C19H21N3O4. The lowest BCUT2D eigenvalue weighted by Gasteiger charge is -2.06. The van der Waals surface area contributed by atoms with E-state index in [1.165, 1.54) is 13.0 Å². The van der Waals surface area contributed by atoms with E-state index < -0.39 is 18.5 Å². The Morgan fingerprint density at radius 3 is 2.62 bits per heavy atom. The lowest BCUT2D eigenvalue weighted by Crippen LogP contribution is -2.20. The summed E-state index contributed by atoms with van der Waals surface area (Å²) in [5.41, 5.74) is 3.53. The fourth-order valence-electron chi connectivity index (χ4n) is 2.38. The molecule has 0 atom stereocenters. The van der Waals surface area contributed by atoms with Crippen LogP contribution < -0.4 is 5.32 Å². The minimum absolute atomic E-state index is 0.0985. The number of rotatable bonds is 6. The molecule has 0 unspecified atom stereocenters. The fourth-order valence-corrected chi connectivity index (χ4v) is 2.38. The van der Waals surface area contributed by atoms with Crippen molar-refractivity contribution in [3.05, 3.63) is 52.9 Å². The van der Waals surface area contributed by atoms with E-state index in [4.69, 9.17) is 4.74 Å². The molecule has 2 aromatic rings. The highest BCUT2D eigenvalue weighted by molar-refractivity contribution is 5.98. The first kappa shape index (κ1) is 19.1. The molecule has 7 nitrogen and oxygen atoms in total. The Morgan fingerprint density at radius 1 is 1.27 bits per heavy atom. The second-order valence-corrected chi connectivity index (χ2v) is 5.83. The molecule has 0 fully saturated rings. The molecule has 136 valence electrons. The Kier molecular flexibility index (Phi) is 6.06. The average Bonchev–Trinajstić information content (AvgIpc) is 2.83. The van der Waals surface area contributed by atoms with Gasteiger partial charge in [0, 0.05) is 35.6 Å². The van der Waals surface area contributed by atoms with Crippen LogP contribution in [0.4, 0.5) is 5.69 Å². The van der Waals surface area contributed by atoms with Crippen molar-refractivity contribution in [2.75, 3.05) is 11.9 Å². The van der Waals surface area contributed by atoms with E-state index in [1.807, 2.05) is 20.9 Å². The van der Waals surface area contributed by atoms with Crippen molar-refractivity contribution in [2.24, 2.45) is 7.05 Å². The number of ether oxygens (including phenoxy) is 1. The van der Waals surface area contributed by atoms with Crippen molar-refractivity contribution in [1.82, 2.24) is 9.78 Å². The summed E-state index contributed by atoms with van der Waals surface area (Å²) < 4.78 is 6.66. The lowest BCUT2D eigenvalue weighted by atomic mass is 10.1. The summed E-state index contributed by atoms with van der Waals surface area (Å²) in [4.78, 5) is 35.0. The second kappa shape index (κ2) is 8.24. The van der Waals surface area contributed by atoms with Gasteiger partial charge in [-0.15, -0.1) is 0 Å². The van der Waals surface area contributed by atoms with E-state index in [0.717, 1.165) is 17.0 Å². The van der Waals surface area contributed by atoms with Crippen molar-refractivity contribution in [1.29, 1.82) is 0 Å². The van der Waals surface area contributed by atoms with Gasteiger partial charge in [0.1, 0.15) is 0 Å². The Morgan fingerprint density at radius 2 is 2.00 bits per heavy atom. The minimum atomic E-state index is -0.625. The molecule has 26 heavy (non-hydrogen) atoms. The van der Waals surface area contributed by atoms with Crippen LogP contribution in [0, 0.1) is 13.8 Å². The summed E-state index contributed by atoms with van der Waals surface area (Å²) in [6, 6.07) is 6.54. The fraction of sp³-hybridized carbons (Fsp3) is 0.263. The first-order valence-corrected chi connectivity index (χ1v) is 8.04. The van der Waals surface area contributed by atoms with E-state index in [-0.39, 0.29) is 5.78 Å². The molecule has 1 N–H and O–H groups in total. The lowest BCUT2D eigenvalue weighted by molar-refractivity contribution is -0.142. The zero-order chi connectivity index (χ0) is 19.3. The molecule has 1 aromatic heterocycles. The number of carbonyl (C=O) groups excluding carboxylic acids is 3. The van der Waals surface area contributed by atoms with Crippen LogP contribution in [0.5, 0.6) is 0 Å². The Labute approximate surface area is 151 Å². The third-order valence-electron chi connectivity index (χ3n) is 3.85. The maximum Gasteiger partial charge on any atom is 0.331 e. The van der Waals surface area contributed by atoms with Gasteiger partial charge in [0.25, 0.3) is 5.91 Å². The largest absolute Gasteiger partial charge is 0.452 e. The summed E-state index contributed by atoms with van der Waals surface area (Å²) in [6.07, 6.45) is 2.88. The molecule has 1 amide bonds. The zero-order valence-corrected chi connectivity index (χ0v) is 15.2. The number of anilines is 1. The molecule has 0 spiro atoms. The molecule has 0 aliphatic heterocycles. The van der Waals surface area contributed by atoms with Crippen LogP contribution in [0.25, 0.3) is 6.08 Å². The third kappa shape index (κ3) is 4.89. The summed E-state index contributed by atoms with van der Waals surface area (Å²) >= 11 is 0. The van der Waals surface area contributed by atoms with E-state index in [1.54, 1.807) is 35.0 Å². The van der Waals surface area contributed by atoms with Gasteiger partial charge < -0.3 is 10.1 Å². The van der Waals surface area contributed by atoms with E-state index in [0.29, 0.717) is 11.3 Å². The maximum atomic E-state index is 11.9. The SMILES string of the molecule is CC(=O)c1cccc(NC(=O)COC(=O)/C=C/c2c(C)nn(C)c2C)c1. The smallest absolute Gasteiger partial charge is 0.331 e. The quantitative estimate of drug-likeness (QED) is 0.488. The predicted octanol–water partition coefficient (Wildman–Crippen LogP) is 2.43. The van der Waals surface area contributed by atoms with Crippen molar-refractivity contribution < 1.29 is 19.1 Å². The molecule has 0 saturated heterocycles. The number of hydrogen-bond donors (Lipinski definition) is 1. The summed E-state index contributed by atoms with van der Waals surface area (Å²) in [5, 5.41) is 6.84. The van der Waals surface area contributed by atoms with E-state index >= 15 is 0 Å². The maximum absolute atomic E-state index is 11.9. The molecule has 1 aromatic carbocycles. The summed E-state index contributed by atoms with van der Waals surface area (Å²) in [6.45, 7) is 4.77. The molecular weight excluding hydrogens is 334 g/mol. The average molecular weight is 355 g/mol. The number of nitrogens with one attached hydrogen (secondary N) is 1. The van der Waals surface area contributed by atoms with Gasteiger partial charge in [-0.3, -0.25) is 14.3 Å².